The van der Waals surface area contributed by atoms with Crippen molar-refractivity contribution in [1.29, 1.82) is 0 Å². The SMILES string of the molecule is CCOc1ccc(C(=O)NCCn2ncc3c(=O)n(Cc4ccc(Cl)cc4)cnc32)cc1OCC. The Balaban J connectivity index is 1.42. The minimum atomic E-state index is -0.247. The zero-order chi connectivity index (χ0) is 24.8. The monoisotopic (exact) mass is 495 g/mol. The Morgan fingerprint density at radius 1 is 1.06 bits per heavy atom. The highest BCUT2D eigenvalue weighted by molar-refractivity contribution is 6.30. The van der Waals surface area contributed by atoms with Crippen LogP contribution in [0.1, 0.15) is 29.8 Å². The molecular formula is C25H26ClN5O4. The van der Waals surface area contributed by atoms with Crippen molar-refractivity contribution in [2.45, 2.75) is 26.9 Å². The first-order chi connectivity index (χ1) is 17.0. The van der Waals surface area contributed by atoms with Crippen LogP contribution >= 0.6 is 11.6 Å². The number of fused-ring (bicyclic) bond motifs is 1. The maximum atomic E-state index is 12.9. The number of amides is 1. The Bertz CT molecular complexity index is 1380. The Morgan fingerprint density at radius 2 is 1.80 bits per heavy atom. The molecule has 2 aromatic carbocycles. The van der Waals surface area contributed by atoms with Crippen LogP contribution in [0.5, 0.6) is 11.5 Å². The molecule has 2 aromatic heterocycles. The summed E-state index contributed by atoms with van der Waals surface area (Å²) in [4.78, 5) is 30.0. The number of aromatic nitrogens is 4. The number of nitrogens with zero attached hydrogens (tertiary/aromatic N) is 4. The zero-order valence-corrected chi connectivity index (χ0v) is 20.3. The normalized spacial score (nSPS) is 10.9. The molecule has 10 heteroatoms. The van der Waals surface area contributed by atoms with E-state index in [1.807, 2.05) is 26.0 Å². The molecule has 4 aromatic rings. The second kappa shape index (κ2) is 11.1. The predicted octanol–water partition coefficient (Wildman–Crippen LogP) is 3.52. The maximum absolute atomic E-state index is 12.9. The van der Waals surface area contributed by atoms with E-state index in [1.54, 1.807) is 35.0 Å². The van der Waals surface area contributed by atoms with Gasteiger partial charge in [-0.2, -0.15) is 5.10 Å². The van der Waals surface area contributed by atoms with E-state index in [-0.39, 0.29) is 11.5 Å². The van der Waals surface area contributed by atoms with Gasteiger partial charge in [0.25, 0.3) is 11.5 Å². The molecule has 4 rings (SSSR count). The fourth-order valence-electron chi connectivity index (χ4n) is 3.63. The molecule has 0 fully saturated rings. The Labute approximate surface area is 207 Å². The van der Waals surface area contributed by atoms with Gasteiger partial charge in [0.05, 0.1) is 32.5 Å². The summed E-state index contributed by atoms with van der Waals surface area (Å²) >= 11 is 5.93. The first-order valence-electron chi connectivity index (χ1n) is 11.3. The van der Waals surface area contributed by atoms with Crippen LogP contribution in [0.4, 0.5) is 0 Å². The minimum Gasteiger partial charge on any atom is -0.490 e. The Hall–Kier alpha value is -3.85. The van der Waals surface area contributed by atoms with Gasteiger partial charge in [0, 0.05) is 17.1 Å². The fourth-order valence-corrected chi connectivity index (χ4v) is 3.76. The van der Waals surface area contributed by atoms with Crippen molar-refractivity contribution in [2.24, 2.45) is 0 Å². The summed E-state index contributed by atoms with van der Waals surface area (Å²) in [6.07, 6.45) is 3.01. The maximum Gasteiger partial charge on any atom is 0.264 e. The minimum absolute atomic E-state index is 0.182. The highest BCUT2D eigenvalue weighted by Gasteiger charge is 2.13. The molecule has 1 amide bonds. The van der Waals surface area contributed by atoms with E-state index in [4.69, 9.17) is 21.1 Å². The number of halogens is 1. The summed E-state index contributed by atoms with van der Waals surface area (Å²) in [7, 11) is 0. The van der Waals surface area contributed by atoms with Crippen molar-refractivity contribution in [1.82, 2.24) is 24.6 Å². The number of carbonyl (C=O) groups is 1. The van der Waals surface area contributed by atoms with Crippen molar-refractivity contribution in [3.8, 4) is 11.5 Å². The number of nitrogens with one attached hydrogen (secondary N) is 1. The van der Waals surface area contributed by atoms with Crippen LogP contribution in [0.2, 0.25) is 5.02 Å². The quantitative estimate of drug-likeness (QED) is 0.361. The Morgan fingerprint density at radius 3 is 2.54 bits per heavy atom. The molecule has 0 aliphatic heterocycles. The number of hydrogen-bond donors (Lipinski definition) is 1. The lowest BCUT2D eigenvalue weighted by atomic mass is 10.2. The summed E-state index contributed by atoms with van der Waals surface area (Å²) in [5.41, 5.74) is 1.69. The third-order valence-electron chi connectivity index (χ3n) is 5.30. The molecule has 0 spiro atoms. The van der Waals surface area contributed by atoms with Gasteiger partial charge < -0.3 is 14.8 Å². The van der Waals surface area contributed by atoms with Gasteiger partial charge in [-0.3, -0.25) is 14.2 Å². The van der Waals surface area contributed by atoms with E-state index in [0.717, 1.165) is 5.56 Å². The van der Waals surface area contributed by atoms with Crippen LogP contribution in [0.25, 0.3) is 11.0 Å². The average Bonchev–Trinajstić information content (AvgIpc) is 3.27. The van der Waals surface area contributed by atoms with Gasteiger partial charge in [-0.15, -0.1) is 0 Å². The smallest absolute Gasteiger partial charge is 0.264 e. The third-order valence-corrected chi connectivity index (χ3v) is 5.56. The van der Waals surface area contributed by atoms with Crippen LogP contribution < -0.4 is 20.3 Å². The number of hydrogen-bond acceptors (Lipinski definition) is 6. The predicted molar refractivity (Wildman–Crippen MR) is 133 cm³/mol. The van der Waals surface area contributed by atoms with Gasteiger partial charge in [0.2, 0.25) is 0 Å². The molecule has 0 bridgehead atoms. The van der Waals surface area contributed by atoms with Crippen molar-refractivity contribution in [3.63, 3.8) is 0 Å². The highest BCUT2D eigenvalue weighted by atomic mass is 35.5. The summed E-state index contributed by atoms with van der Waals surface area (Å²) in [6, 6.07) is 12.4. The average molecular weight is 496 g/mol. The summed E-state index contributed by atoms with van der Waals surface area (Å²) < 4.78 is 14.3. The fraction of sp³-hybridized carbons (Fsp3) is 0.280. The second-order valence-corrected chi connectivity index (χ2v) is 8.13. The molecule has 0 radical (unpaired) electrons. The van der Waals surface area contributed by atoms with Gasteiger partial charge in [0.15, 0.2) is 17.1 Å². The number of carbonyl (C=O) groups excluding carboxylic acids is 1. The molecule has 0 unspecified atom stereocenters. The van der Waals surface area contributed by atoms with E-state index in [1.165, 1.54) is 17.1 Å². The van der Waals surface area contributed by atoms with Crippen molar-refractivity contribution < 1.29 is 14.3 Å². The number of rotatable bonds is 10. The lowest BCUT2D eigenvalue weighted by Gasteiger charge is -2.12. The first kappa shape index (κ1) is 24.3. The van der Waals surface area contributed by atoms with E-state index in [2.05, 4.69) is 15.4 Å². The molecule has 9 nitrogen and oxygen atoms in total. The third kappa shape index (κ3) is 5.63. The number of benzene rings is 2. The van der Waals surface area contributed by atoms with Gasteiger partial charge in [-0.1, -0.05) is 23.7 Å². The van der Waals surface area contributed by atoms with E-state index in [0.29, 0.717) is 66.0 Å². The van der Waals surface area contributed by atoms with Gasteiger partial charge >= 0.3 is 0 Å². The molecule has 0 atom stereocenters. The van der Waals surface area contributed by atoms with Crippen molar-refractivity contribution in [3.05, 3.63) is 81.5 Å². The van der Waals surface area contributed by atoms with Gasteiger partial charge in [-0.25, -0.2) is 9.67 Å². The first-order valence-corrected chi connectivity index (χ1v) is 11.7. The van der Waals surface area contributed by atoms with Crippen LogP contribution in [0, 0.1) is 0 Å². The van der Waals surface area contributed by atoms with Crippen molar-refractivity contribution >= 4 is 28.5 Å². The second-order valence-electron chi connectivity index (χ2n) is 7.69. The lowest BCUT2D eigenvalue weighted by Crippen LogP contribution is -2.28. The van der Waals surface area contributed by atoms with E-state index in [9.17, 15) is 9.59 Å². The lowest BCUT2D eigenvalue weighted by molar-refractivity contribution is 0.0951. The molecule has 2 heterocycles. The van der Waals surface area contributed by atoms with Crippen molar-refractivity contribution in [2.75, 3.05) is 19.8 Å². The van der Waals surface area contributed by atoms with Gasteiger partial charge in [0.1, 0.15) is 11.7 Å². The number of ether oxygens (including phenoxy) is 2. The molecule has 0 aliphatic carbocycles. The van der Waals surface area contributed by atoms with Crippen LogP contribution in [0.3, 0.4) is 0 Å². The highest BCUT2D eigenvalue weighted by Crippen LogP contribution is 2.28. The van der Waals surface area contributed by atoms with Crippen LogP contribution in [0.15, 0.2) is 59.8 Å². The molecule has 0 saturated carbocycles. The van der Waals surface area contributed by atoms with Gasteiger partial charge in [-0.05, 0) is 49.7 Å². The molecule has 182 valence electrons. The van der Waals surface area contributed by atoms with E-state index >= 15 is 0 Å². The summed E-state index contributed by atoms with van der Waals surface area (Å²) in [5, 5.41) is 8.22. The Kier molecular flexibility index (Phi) is 7.67. The molecule has 1 N–H and O–H groups in total. The molecular weight excluding hydrogens is 470 g/mol. The topological polar surface area (TPSA) is 100 Å². The largest absolute Gasteiger partial charge is 0.490 e. The van der Waals surface area contributed by atoms with E-state index < -0.39 is 0 Å². The van der Waals surface area contributed by atoms with Crippen LogP contribution in [-0.2, 0) is 13.1 Å². The summed E-state index contributed by atoms with van der Waals surface area (Å²) in [6.45, 7) is 5.78. The molecule has 0 saturated heterocycles. The molecule has 35 heavy (non-hydrogen) atoms. The summed E-state index contributed by atoms with van der Waals surface area (Å²) in [5.74, 6) is 0.879. The molecule has 0 aliphatic rings. The van der Waals surface area contributed by atoms with Crippen LogP contribution in [-0.4, -0.2) is 45.0 Å². The zero-order valence-electron chi connectivity index (χ0n) is 19.5. The standard InChI is InChI=1S/C25H26ClN5O4/c1-3-34-21-10-7-18(13-22(21)35-4-2)24(32)27-11-12-31-23-20(14-29-31)25(33)30(16-28-23)15-17-5-8-19(26)9-6-17/h5-10,13-14,16H,3-4,11-12,15H2,1-2H3,(H,27,32).